The van der Waals surface area contributed by atoms with Crippen molar-refractivity contribution < 1.29 is 14.3 Å². The number of nitrogens with zero attached hydrogens (tertiary/aromatic N) is 5. The van der Waals surface area contributed by atoms with Crippen molar-refractivity contribution in [3.05, 3.63) is 71.7 Å². The van der Waals surface area contributed by atoms with Gasteiger partial charge in [-0.2, -0.15) is 0 Å². The van der Waals surface area contributed by atoms with E-state index < -0.39 is 6.17 Å². The van der Waals surface area contributed by atoms with Gasteiger partial charge in [0.25, 0.3) is 5.91 Å². The van der Waals surface area contributed by atoms with Gasteiger partial charge in [-0.3, -0.25) is 14.1 Å². The number of imidazole rings is 1. The zero-order valence-corrected chi connectivity index (χ0v) is 21.5. The van der Waals surface area contributed by atoms with Crippen molar-refractivity contribution in [2.45, 2.75) is 38.2 Å². The molecule has 6 heterocycles. The van der Waals surface area contributed by atoms with Gasteiger partial charge in [-0.15, -0.1) is 0 Å². The van der Waals surface area contributed by atoms with Crippen molar-refractivity contribution >= 4 is 28.7 Å². The van der Waals surface area contributed by atoms with Crippen molar-refractivity contribution in [3.63, 3.8) is 0 Å². The Morgan fingerprint density at radius 1 is 1.08 bits per heavy atom. The number of amides is 1. The number of aromatic nitrogens is 3. The number of hydrogen-bond acceptors (Lipinski definition) is 7. The first-order chi connectivity index (χ1) is 19.0. The van der Waals surface area contributed by atoms with Gasteiger partial charge in [-0.1, -0.05) is 6.07 Å². The fraction of sp³-hybridized carbons (Fsp3) is 0.345. The maximum atomic E-state index is 13.2. The highest BCUT2D eigenvalue weighted by Gasteiger charge is 2.28. The van der Waals surface area contributed by atoms with E-state index in [9.17, 15) is 14.3 Å². The van der Waals surface area contributed by atoms with Crippen LogP contribution in [0.4, 0.5) is 21.6 Å². The first-order valence-electron chi connectivity index (χ1n) is 13.4. The maximum Gasteiger partial charge on any atom is 0.254 e. The summed E-state index contributed by atoms with van der Waals surface area (Å²) in [5, 5.41) is 16.1. The minimum Gasteiger partial charge on any atom is -0.393 e. The molecule has 2 saturated heterocycles. The zero-order valence-electron chi connectivity index (χ0n) is 21.5. The summed E-state index contributed by atoms with van der Waals surface area (Å²) in [6, 6.07) is 12.0. The maximum absolute atomic E-state index is 13.2. The molecule has 0 saturated carbocycles. The summed E-state index contributed by atoms with van der Waals surface area (Å²) in [6.07, 6.45) is 6.27. The summed E-state index contributed by atoms with van der Waals surface area (Å²) in [4.78, 5) is 26.4. The number of nitrogens with one attached hydrogen (secondary N) is 2. The summed E-state index contributed by atoms with van der Waals surface area (Å²) in [5.41, 5.74) is 7.07. The number of pyridine rings is 2. The molecule has 1 aromatic carbocycles. The molecule has 10 heteroatoms. The number of carbonyl (C=O) groups is 1. The molecule has 0 aliphatic carbocycles. The fourth-order valence-electron chi connectivity index (χ4n) is 5.82. The van der Waals surface area contributed by atoms with E-state index in [4.69, 9.17) is 0 Å². The van der Waals surface area contributed by atoms with E-state index in [0.717, 1.165) is 59.7 Å². The second-order valence-corrected chi connectivity index (χ2v) is 10.6. The molecule has 0 unspecified atom stereocenters. The summed E-state index contributed by atoms with van der Waals surface area (Å²) in [7, 11) is 0. The van der Waals surface area contributed by atoms with Crippen molar-refractivity contribution in [2.24, 2.45) is 0 Å². The Hall–Kier alpha value is -4.02. The Balaban J connectivity index is 1.14. The number of aliphatic hydroxyl groups is 1. The lowest BCUT2D eigenvalue weighted by Crippen LogP contribution is -2.47. The molecule has 0 atom stereocenters. The highest BCUT2D eigenvalue weighted by Crippen LogP contribution is 2.35. The van der Waals surface area contributed by atoms with Crippen LogP contribution >= 0.6 is 0 Å². The standard InChI is InChI=1S/C29H30FN7O2/c30-19-16-35(17-19)15-18-5-10-37-25(14-32-27(37)11-18)22-2-3-24(28-23(22)13-33-29(28)39)34-26-4-1-20(12-31-26)36-8-6-21(38)7-9-36/h1-5,10-12,14,19,21,38H,6-9,13,15-17H2,(H,31,34)(H,33,39). The number of likely N-dealkylation sites (tertiary alicyclic amines) is 1. The van der Waals surface area contributed by atoms with E-state index in [1.54, 1.807) is 0 Å². The minimum absolute atomic E-state index is 0.116. The van der Waals surface area contributed by atoms with Crippen molar-refractivity contribution in [3.8, 4) is 11.3 Å². The SMILES string of the molecule is O=C1NCc2c(-c3cnc4cc(CN5CC(F)C5)ccn34)ccc(Nc3ccc(N4CCC(O)CC4)cn3)c21. The van der Waals surface area contributed by atoms with Crippen LogP contribution in [0.2, 0.25) is 0 Å². The van der Waals surface area contributed by atoms with Gasteiger partial charge in [0.15, 0.2) is 0 Å². The summed E-state index contributed by atoms with van der Waals surface area (Å²) >= 11 is 0. The van der Waals surface area contributed by atoms with Gasteiger partial charge >= 0.3 is 0 Å². The first-order valence-corrected chi connectivity index (χ1v) is 13.4. The van der Waals surface area contributed by atoms with Gasteiger partial charge in [0.1, 0.15) is 17.6 Å². The number of aliphatic hydroxyl groups excluding tert-OH is 1. The highest BCUT2D eigenvalue weighted by molar-refractivity contribution is 6.06. The van der Waals surface area contributed by atoms with Gasteiger partial charge in [0, 0.05) is 51.0 Å². The summed E-state index contributed by atoms with van der Waals surface area (Å²) < 4.78 is 15.2. The largest absolute Gasteiger partial charge is 0.393 e. The number of rotatable bonds is 6. The van der Waals surface area contributed by atoms with E-state index in [1.165, 1.54) is 0 Å². The van der Waals surface area contributed by atoms with Gasteiger partial charge in [0.2, 0.25) is 0 Å². The Bertz CT molecular complexity index is 1540. The van der Waals surface area contributed by atoms with E-state index in [0.29, 0.717) is 43.2 Å². The number of halogens is 1. The third-order valence-electron chi connectivity index (χ3n) is 7.98. The molecular formula is C29H30FN7O2. The van der Waals surface area contributed by atoms with Crippen molar-refractivity contribution in [2.75, 3.05) is 36.4 Å². The fourth-order valence-corrected chi connectivity index (χ4v) is 5.82. The molecule has 39 heavy (non-hydrogen) atoms. The van der Waals surface area contributed by atoms with E-state index in [-0.39, 0.29) is 12.0 Å². The van der Waals surface area contributed by atoms with Gasteiger partial charge in [0.05, 0.1) is 41.1 Å². The summed E-state index contributed by atoms with van der Waals surface area (Å²) in [6.45, 7) is 3.75. The molecule has 3 aliphatic heterocycles. The molecule has 0 bridgehead atoms. The summed E-state index contributed by atoms with van der Waals surface area (Å²) in [5.74, 6) is 0.545. The van der Waals surface area contributed by atoms with Crippen LogP contribution in [-0.2, 0) is 13.1 Å². The predicted octanol–water partition coefficient (Wildman–Crippen LogP) is 3.50. The van der Waals surface area contributed by atoms with Gasteiger partial charge in [-0.25, -0.2) is 14.4 Å². The molecule has 7 rings (SSSR count). The lowest BCUT2D eigenvalue weighted by atomic mass is 9.99. The van der Waals surface area contributed by atoms with Crippen LogP contribution in [0.15, 0.2) is 55.0 Å². The number of anilines is 3. The average molecular weight is 528 g/mol. The molecule has 1 amide bonds. The first kappa shape index (κ1) is 24.1. The van der Waals surface area contributed by atoms with Crippen molar-refractivity contribution in [1.29, 1.82) is 0 Å². The van der Waals surface area contributed by atoms with Crippen LogP contribution in [0.1, 0.15) is 34.3 Å². The third-order valence-corrected chi connectivity index (χ3v) is 7.98. The smallest absolute Gasteiger partial charge is 0.254 e. The molecule has 4 aromatic rings. The van der Waals surface area contributed by atoms with Crippen LogP contribution in [0, 0.1) is 0 Å². The van der Waals surface area contributed by atoms with Crippen LogP contribution in [-0.4, -0.2) is 68.7 Å². The Morgan fingerprint density at radius 3 is 2.69 bits per heavy atom. The molecule has 3 aliphatic rings. The average Bonchev–Trinajstić information content (AvgIpc) is 3.53. The Kier molecular flexibility index (Phi) is 5.93. The van der Waals surface area contributed by atoms with Crippen LogP contribution in [0.5, 0.6) is 0 Å². The van der Waals surface area contributed by atoms with Crippen LogP contribution < -0.4 is 15.5 Å². The zero-order chi connectivity index (χ0) is 26.5. The molecule has 3 aromatic heterocycles. The second-order valence-electron chi connectivity index (χ2n) is 10.6. The predicted molar refractivity (Wildman–Crippen MR) is 147 cm³/mol. The Morgan fingerprint density at radius 2 is 1.92 bits per heavy atom. The quantitative estimate of drug-likeness (QED) is 0.353. The van der Waals surface area contributed by atoms with Crippen LogP contribution in [0.3, 0.4) is 0 Å². The van der Waals surface area contributed by atoms with Gasteiger partial charge in [-0.05, 0) is 54.3 Å². The van der Waals surface area contributed by atoms with E-state index in [2.05, 4.69) is 30.4 Å². The monoisotopic (exact) mass is 527 g/mol. The van der Waals surface area contributed by atoms with E-state index in [1.807, 2.05) is 59.4 Å². The molecule has 2 fully saturated rings. The van der Waals surface area contributed by atoms with E-state index >= 15 is 0 Å². The molecule has 3 N–H and O–H groups in total. The third kappa shape index (κ3) is 4.49. The number of fused-ring (bicyclic) bond motifs is 2. The highest BCUT2D eigenvalue weighted by atomic mass is 19.1. The lowest BCUT2D eigenvalue weighted by Gasteiger charge is -2.34. The van der Waals surface area contributed by atoms with Crippen LogP contribution in [0.25, 0.3) is 16.9 Å². The van der Waals surface area contributed by atoms with Gasteiger partial charge < -0.3 is 20.6 Å². The molecule has 0 spiro atoms. The molecule has 9 nitrogen and oxygen atoms in total. The van der Waals surface area contributed by atoms with Crippen molar-refractivity contribution in [1.82, 2.24) is 24.6 Å². The number of benzene rings is 1. The molecular weight excluding hydrogens is 497 g/mol. The normalized spacial score (nSPS) is 18.3. The Labute approximate surface area is 225 Å². The number of hydrogen-bond donors (Lipinski definition) is 3. The minimum atomic E-state index is -0.715. The number of carbonyl (C=O) groups excluding carboxylic acids is 1. The second kappa shape index (κ2) is 9.62. The molecule has 0 radical (unpaired) electrons. The lowest BCUT2D eigenvalue weighted by molar-refractivity contribution is 0.0591. The molecule has 200 valence electrons. The topological polar surface area (TPSA) is 98.0 Å². The number of piperidine rings is 1. The number of alkyl halides is 1.